The van der Waals surface area contributed by atoms with Crippen LogP contribution < -0.4 is 4.89 Å². The molecule has 0 radical (unpaired) electrons. The maximum absolute atomic E-state index is 12.7. The van der Waals surface area contributed by atoms with Gasteiger partial charge in [-0.3, -0.25) is 14.2 Å². The molecule has 0 N–H and O–H groups in total. The summed E-state index contributed by atoms with van der Waals surface area (Å²) >= 11 is 0. The summed E-state index contributed by atoms with van der Waals surface area (Å²) in [6, 6.07) is 0. The molecule has 0 bridgehead atoms. The number of phosphoric ester groups is 1. The molecule has 62 heavy (non-hydrogen) atoms. The van der Waals surface area contributed by atoms with Gasteiger partial charge in [0.25, 0.3) is 7.82 Å². The summed E-state index contributed by atoms with van der Waals surface area (Å²) in [5.74, 6) is -0.942. The minimum atomic E-state index is -4.65. The van der Waals surface area contributed by atoms with Crippen molar-refractivity contribution in [2.75, 3.05) is 47.5 Å². The van der Waals surface area contributed by atoms with Gasteiger partial charge in [-0.2, -0.15) is 0 Å². The molecule has 0 aliphatic rings. The quantitative estimate of drug-likeness (QED) is 0.0196. The normalized spacial score (nSPS) is 14.2. The van der Waals surface area contributed by atoms with Gasteiger partial charge in [0, 0.05) is 12.8 Å². The molecule has 0 amide bonds. The highest BCUT2D eigenvalue weighted by Gasteiger charge is 2.21. The Hall–Kier alpha value is -2.81. The number of carbonyl (C=O) groups excluding carboxylic acids is 2. The number of phosphoric acid groups is 1. The Balaban J connectivity index is 4.43. The fourth-order valence-corrected chi connectivity index (χ4v) is 6.87. The number of rotatable bonds is 43. The van der Waals surface area contributed by atoms with E-state index in [0.717, 1.165) is 64.2 Å². The number of carbonyl (C=O) groups is 2. The minimum Gasteiger partial charge on any atom is -0.756 e. The van der Waals surface area contributed by atoms with Gasteiger partial charge in [0.1, 0.15) is 19.8 Å². The molecule has 0 rings (SSSR count). The van der Waals surface area contributed by atoms with Crippen LogP contribution >= 0.6 is 7.82 Å². The van der Waals surface area contributed by atoms with Crippen LogP contribution in [0.5, 0.6) is 0 Å². The van der Waals surface area contributed by atoms with Crippen LogP contribution in [0.4, 0.5) is 0 Å². The SMILES string of the molecule is CC/C=C\C/C=C\C/C=C\C/C=C\C/C=C\C/C=C\CCC(=O)O[C@H](COC(=O)CCCCCCCCC/C=C\CCCCCCCCCC)COP(=O)([O-])OCC[N+](C)(C)C. The molecular weight excluding hydrogens is 798 g/mol. The van der Waals surface area contributed by atoms with Crippen molar-refractivity contribution in [2.24, 2.45) is 0 Å². The summed E-state index contributed by atoms with van der Waals surface area (Å²) in [5, 5.41) is 0. The number of esters is 2. The number of quaternary nitrogens is 1. The second kappa shape index (κ2) is 43.4. The molecule has 2 atom stereocenters. The van der Waals surface area contributed by atoms with Crippen molar-refractivity contribution in [2.45, 2.75) is 187 Å². The molecule has 10 heteroatoms. The summed E-state index contributed by atoms with van der Waals surface area (Å²) in [6.07, 6.45) is 56.3. The van der Waals surface area contributed by atoms with Gasteiger partial charge < -0.3 is 27.9 Å². The molecule has 0 spiro atoms. The summed E-state index contributed by atoms with van der Waals surface area (Å²) in [6.45, 7) is 4.02. The zero-order valence-electron chi connectivity index (χ0n) is 40.0. The van der Waals surface area contributed by atoms with Crippen molar-refractivity contribution in [1.82, 2.24) is 0 Å². The van der Waals surface area contributed by atoms with E-state index in [1.807, 2.05) is 33.3 Å². The number of likely N-dealkylation sites (N-methyl/N-ethyl adjacent to an activating group) is 1. The molecule has 356 valence electrons. The zero-order valence-corrected chi connectivity index (χ0v) is 40.9. The average Bonchev–Trinajstić information content (AvgIpc) is 3.23. The van der Waals surface area contributed by atoms with E-state index >= 15 is 0 Å². The van der Waals surface area contributed by atoms with Crippen LogP contribution in [-0.2, 0) is 32.7 Å². The maximum Gasteiger partial charge on any atom is 0.306 e. The van der Waals surface area contributed by atoms with E-state index in [4.69, 9.17) is 18.5 Å². The van der Waals surface area contributed by atoms with Crippen molar-refractivity contribution < 1.29 is 42.1 Å². The number of nitrogens with zero attached hydrogens (tertiary/aromatic N) is 1. The second-order valence-corrected chi connectivity index (χ2v) is 18.5. The van der Waals surface area contributed by atoms with Crippen LogP contribution in [0.2, 0.25) is 0 Å². The highest BCUT2D eigenvalue weighted by Crippen LogP contribution is 2.38. The first-order chi connectivity index (χ1) is 30.0. The monoisotopic (exact) mass is 888 g/mol. The lowest BCUT2D eigenvalue weighted by molar-refractivity contribution is -0.870. The van der Waals surface area contributed by atoms with Crippen molar-refractivity contribution in [3.8, 4) is 0 Å². The van der Waals surface area contributed by atoms with Crippen molar-refractivity contribution >= 4 is 19.8 Å². The van der Waals surface area contributed by atoms with Crippen LogP contribution in [0.1, 0.15) is 181 Å². The number of hydrogen-bond donors (Lipinski definition) is 0. The van der Waals surface area contributed by atoms with Gasteiger partial charge in [-0.15, -0.1) is 0 Å². The van der Waals surface area contributed by atoms with E-state index in [1.165, 1.54) is 77.0 Å². The second-order valence-electron chi connectivity index (χ2n) is 17.1. The van der Waals surface area contributed by atoms with E-state index in [9.17, 15) is 19.0 Å². The zero-order chi connectivity index (χ0) is 45.7. The molecule has 0 aromatic heterocycles. The fraction of sp³-hybridized carbons (Fsp3) is 0.692. The first-order valence-electron chi connectivity index (χ1n) is 24.3. The van der Waals surface area contributed by atoms with E-state index in [-0.39, 0.29) is 26.1 Å². The third-order valence-electron chi connectivity index (χ3n) is 9.91. The van der Waals surface area contributed by atoms with Crippen molar-refractivity contribution in [3.63, 3.8) is 0 Å². The highest BCUT2D eigenvalue weighted by atomic mass is 31.2. The van der Waals surface area contributed by atoms with Crippen LogP contribution in [0.15, 0.2) is 85.1 Å². The molecule has 0 saturated heterocycles. The van der Waals surface area contributed by atoms with Crippen molar-refractivity contribution in [3.05, 3.63) is 85.1 Å². The van der Waals surface area contributed by atoms with Crippen LogP contribution in [0.3, 0.4) is 0 Å². The van der Waals surface area contributed by atoms with Gasteiger partial charge in [-0.1, -0.05) is 176 Å². The molecule has 0 fully saturated rings. The lowest BCUT2D eigenvalue weighted by atomic mass is 10.1. The summed E-state index contributed by atoms with van der Waals surface area (Å²) in [7, 11) is 1.11. The Kier molecular flexibility index (Phi) is 41.5. The predicted octanol–water partition coefficient (Wildman–Crippen LogP) is 13.7. The van der Waals surface area contributed by atoms with Gasteiger partial charge in [0.15, 0.2) is 6.10 Å². The van der Waals surface area contributed by atoms with Crippen LogP contribution in [0, 0.1) is 0 Å². The highest BCUT2D eigenvalue weighted by molar-refractivity contribution is 7.45. The van der Waals surface area contributed by atoms with E-state index in [0.29, 0.717) is 23.9 Å². The summed E-state index contributed by atoms with van der Waals surface area (Å²) in [5.41, 5.74) is 0. The van der Waals surface area contributed by atoms with Crippen molar-refractivity contribution in [1.29, 1.82) is 0 Å². The molecule has 9 nitrogen and oxygen atoms in total. The smallest absolute Gasteiger partial charge is 0.306 e. The average molecular weight is 888 g/mol. The van der Waals surface area contributed by atoms with Gasteiger partial charge in [-0.05, 0) is 77.0 Å². The van der Waals surface area contributed by atoms with Gasteiger partial charge in [-0.25, -0.2) is 0 Å². The Bertz CT molecular complexity index is 1330. The first kappa shape index (κ1) is 59.2. The summed E-state index contributed by atoms with van der Waals surface area (Å²) in [4.78, 5) is 37.6. The Labute approximate surface area is 380 Å². The maximum atomic E-state index is 12.7. The number of unbranched alkanes of at least 4 members (excludes halogenated alkanes) is 15. The van der Waals surface area contributed by atoms with Crippen LogP contribution in [-0.4, -0.2) is 70.0 Å². The molecule has 1 unspecified atom stereocenters. The third-order valence-corrected chi connectivity index (χ3v) is 10.9. The fourth-order valence-electron chi connectivity index (χ4n) is 6.15. The van der Waals surface area contributed by atoms with E-state index in [2.05, 4.69) is 86.8 Å². The standard InChI is InChI=1S/C52H90NO8P/c1-6-8-10-12-14-16-18-20-22-24-26-28-30-32-34-36-38-40-42-44-51(54)58-48-50(49-60-62(56,57)59-47-46-53(3,4)5)61-52(55)45-43-41-39-37-35-33-31-29-27-25-23-21-19-17-15-13-11-9-7-2/h9,11,15,17,21,23-24,26-27,29,33,35,39,41,50H,6-8,10,12-14,16,18-20,22,25,28,30-32,34,36-38,40,42-49H2,1-5H3/b11-9-,17-15-,23-21-,26-24-,29-27-,35-33-,41-39-/t50-/m1/s1. The molecular formula is C52H90NO8P. The Morgan fingerprint density at radius 1 is 0.516 bits per heavy atom. The van der Waals surface area contributed by atoms with E-state index < -0.39 is 32.5 Å². The lowest BCUT2D eigenvalue weighted by Gasteiger charge is -2.28. The molecule has 0 aliphatic heterocycles. The summed E-state index contributed by atoms with van der Waals surface area (Å²) < 4.78 is 33.9. The van der Waals surface area contributed by atoms with E-state index in [1.54, 1.807) is 0 Å². The molecule has 0 saturated carbocycles. The lowest BCUT2D eigenvalue weighted by Crippen LogP contribution is -2.37. The minimum absolute atomic E-state index is 0.0491. The third kappa shape index (κ3) is 46.7. The molecule has 0 heterocycles. The molecule has 0 aromatic rings. The van der Waals surface area contributed by atoms with Crippen LogP contribution in [0.25, 0.3) is 0 Å². The topological polar surface area (TPSA) is 111 Å². The first-order valence-corrected chi connectivity index (χ1v) is 25.8. The molecule has 0 aliphatic carbocycles. The Morgan fingerprint density at radius 3 is 1.44 bits per heavy atom. The van der Waals surface area contributed by atoms with Gasteiger partial charge in [0.2, 0.25) is 0 Å². The number of hydrogen-bond acceptors (Lipinski definition) is 8. The van der Waals surface area contributed by atoms with Gasteiger partial charge >= 0.3 is 11.9 Å². The number of ether oxygens (including phenoxy) is 2. The molecule has 0 aromatic carbocycles. The largest absolute Gasteiger partial charge is 0.756 e. The number of allylic oxidation sites excluding steroid dienone is 14. The van der Waals surface area contributed by atoms with Gasteiger partial charge in [0.05, 0.1) is 27.7 Å². The Morgan fingerprint density at radius 2 is 0.952 bits per heavy atom. The predicted molar refractivity (Wildman–Crippen MR) is 259 cm³/mol.